The average molecular weight is 453 g/mol. The van der Waals surface area contributed by atoms with E-state index in [1.165, 1.54) is 13.0 Å². The van der Waals surface area contributed by atoms with Gasteiger partial charge < -0.3 is 15.3 Å². The molecule has 2 fully saturated rings. The van der Waals surface area contributed by atoms with Crippen molar-refractivity contribution >= 4 is 23.1 Å². The number of hydrogen-bond donors (Lipinski definition) is 3. The highest BCUT2D eigenvalue weighted by molar-refractivity contribution is 6.28. The van der Waals surface area contributed by atoms with Crippen LogP contribution >= 0.6 is 0 Å². The molecule has 8 atom stereocenters. The number of ketones is 4. The van der Waals surface area contributed by atoms with E-state index >= 15 is 0 Å². The van der Waals surface area contributed by atoms with Crippen LogP contribution in [0.15, 0.2) is 18.2 Å². The number of terminal acetylenes is 1. The minimum Gasteiger partial charge on any atom is -0.507 e. The fourth-order valence-electron chi connectivity index (χ4n) is 7.09. The molecule has 0 bridgehead atoms. The number of aliphatic hydroxyl groups is 2. The monoisotopic (exact) mass is 452 g/mol. The van der Waals surface area contributed by atoms with Gasteiger partial charge in [0.2, 0.25) is 0 Å². The predicted molar refractivity (Wildman–Crippen MR) is 117 cm³/mol. The van der Waals surface area contributed by atoms with Crippen LogP contribution < -0.4 is 0 Å². The summed E-state index contributed by atoms with van der Waals surface area (Å²) in [5.74, 6) is -7.31. The first-order chi connectivity index (χ1) is 15.2. The first kappa shape index (κ1) is 23.3. The molecule has 33 heavy (non-hydrogen) atoms. The molecule has 0 radical (unpaired) electrons. The molecule has 2 saturated carbocycles. The number of aromatic hydroxyl groups is 1. The van der Waals surface area contributed by atoms with Gasteiger partial charge in [-0.2, -0.15) is 0 Å². The summed E-state index contributed by atoms with van der Waals surface area (Å²) < 4.78 is 0. The van der Waals surface area contributed by atoms with Gasteiger partial charge in [0.15, 0.2) is 28.7 Å². The topological polar surface area (TPSA) is 129 Å². The van der Waals surface area contributed by atoms with Gasteiger partial charge in [-0.3, -0.25) is 19.2 Å². The predicted octanol–water partition coefficient (Wildman–Crippen LogP) is 1.67. The standard InChI is InChI=1S/C26H28O7/c1-7-13-19(28)17(11(2)3)25(6)23(32)24(5)12(4)14-9-8-10-15(27)16(14)20(29)18(24)22(31)26(25,33)21(13)30/h1,8-13,17-18,23,27,32-33H,2-6H3/t12-,13?,17?,18?,23-,24+,25+,26+/m1/s1. The van der Waals surface area contributed by atoms with Gasteiger partial charge in [-0.15, -0.1) is 6.42 Å². The Kier molecular flexibility index (Phi) is 4.84. The molecule has 3 unspecified atom stereocenters. The molecule has 0 saturated heterocycles. The van der Waals surface area contributed by atoms with Crippen molar-refractivity contribution in [2.24, 2.45) is 34.5 Å². The zero-order valence-corrected chi connectivity index (χ0v) is 19.2. The number of rotatable bonds is 1. The molecule has 1 aromatic rings. The van der Waals surface area contributed by atoms with E-state index in [2.05, 4.69) is 5.92 Å². The van der Waals surface area contributed by atoms with Crippen LogP contribution in [0.1, 0.15) is 56.5 Å². The Morgan fingerprint density at radius 3 is 2.24 bits per heavy atom. The number of hydrogen-bond acceptors (Lipinski definition) is 7. The lowest BCUT2D eigenvalue weighted by Gasteiger charge is -2.65. The molecule has 0 heterocycles. The third-order valence-corrected chi connectivity index (χ3v) is 8.85. The Balaban J connectivity index is 2.08. The van der Waals surface area contributed by atoms with Crippen molar-refractivity contribution in [3.8, 4) is 18.1 Å². The SMILES string of the molecule is C#CC1C(=O)C(C(C)C)[C@@]2(C)[C@H](O)[C@]3(C)C(C(=O)c4c(O)cccc4[C@H]3C)C(=O)[C@@]2(O)C1=O. The molecule has 3 aliphatic rings. The van der Waals surface area contributed by atoms with Gasteiger partial charge in [-0.1, -0.05) is 52.7 Å². The van der Waals surface area contributed by atoms with E-state index in [0.29, 0.717) is 5.56 Å². The second kappa shape index (κ2) is 6.85. The van der Waals surface area contributed by atoms with Crippen LogP contribution in [0, 0.1) is 46.8 Å². The molecule has 0 aliphatic heterocycles. The van der Waals surface area contributed by atoms with E-state index in [9.17, 15) is 34.5 Å². The average Bonchev–Trinajstić information content (AvgIpc) is 2.74. The highest BCUT2D eigenvalue weighted by Crippen LogP contribution is 2.66. The highest BCUT2D eigenvalue weighted by Gasteiger charge is 2.80. The largest absolute Gasteiger partial charge is 0.507 e. The van der Waals surface area contributed by atoms with Crippen LogP contribution in [0.5, 0.6) is 5.75 Å². The molecule has 0 aromatic heterocycles. The van der Waals surface area contributed by atoms with E-state index in [0.717, 1.165) is 0 Å². The van der Waals surface area contributed by atoms with Gasteiger partial charge in [0.1, 0.15) is 11.7 Å². The van der Waals surface area contributed by atoms with Gasteiger partial charge in [0.25, 0.3) is 0 Å². The summed E-state index contributed by atoms with van der Waals surface area (Å²) in [4.78, 5) is 54.4. The van der Waals surface area contributed by atoms with Crippen molar-refractivity contribution in [1.29, 1.82) is 0 Å². The number of phenols is 1. The van der Waals surface area contributed by atoms with Crippen molar-refractivity contribution in [3.05, 3.63) is 29.3 Å². The number of carbonyl (C=O) groups excluding carboxylic acids is 4. The molecule has 3 aliphatic carbocycles. The van der Waals surface area contributed by atoms with Crippen molar-refractivity contribution in [2.45, 2.75) is 52.2 Å². The Labute approximate surface area is 192 Å². The number of aliphatic hydroxyl groups excluding tert-OH is 1. The van der Waals surface area contributed by atoms with Crippen LogP contribution in [0.3, 0.4) is 0 Å². The maximum absolute atomic E-state index is 14.0. The fourth-order valence-corrected chi connectivity index (χ4v) is 7.09. The Morgan fingerprint density at radius 1 is 1.09 bits per heavy atom. The van der Waals surface area contributed by atoms with Gasteiger partial charge in [-0.05, 0) is 23.5 Å². The number of carbonyl (C=O) groups is 4. The maximum atomic E-state index is 14.0. The smallest absolute Gasteiger partial charge is 0.195 e. The summed E-state index contributed by atoms with van der Waals surface area (Å²) >= 11 is 0. The van der Waals surface area contributed by atoms with Crippen LogP contribution in [0.2, 0.25) is 0 Å². The van der Waals surface area contributed by atoms with Crippen LogP contribution in [-0.4, -0.2) is 50.2 Å². The third-order valence-electron chi connectivity index (χ3n) is 8.85. The summed E-state index contributed by atoms with van der Waals surface area (Å²) in [6, 6.07) is 4.53. The number of fused-ring (bicyclic) bond motifs is 3. The van der Waals surface area contributed by atoms with E-state index in [-0.39, 0.29) is 11.3 Å². The minimum atomic E-state index is -2.84. The summed E-state index contributed by atoms with van der Waals surface area (Å²) in [5.41, 5.74) is -5.81. The van der Waals surface area contributed by atoms with Crippen LogP contribution in [0.4, 0.5) is 0 Å². The molecular formula is C26H28O7. The quantitative estimate of drug-likeness (QED) is 0.437. The fraction of sp³-hybridized carbons (Fsp3) is 0.538. The molecule has 7 nitrogen and oxygen atoms in total. The van der Waals surface area contributed by atoms with E-state index < -0.39 is 75.3 Å². The lowest BCUT2D eigenvalue weighted by atomic mass is 9.37. The third kappa shape index (κ3) is 2.33. The maximum Gasteiger partial charge on any atom is 0.195 e. The second-order valence-corrected chi connectivity index (χ2v) is 10.5. The molecular weight excluding hydrogens is 424 g/mol. The van der Waals surface area contributed by atoms with Crippen molar-refractivity contribution in [3.63, 3.8) is 0 Å². The molecule has 0 spiro atoms. The Morgan fingerprint density at radius 2 is 1.70 bits per heavy atom. The van der Waals surface area contributed by atoms with Gasteiger partial charge in [-0.25, -0.2) is 0 Å². The number of phenolic OH excluding ortho intramolecular Hbond substituents is 1. The molecule has 3 N–H and O–H groups in total. The molecule has 174 valence electrons. The molecule has 4 rings (SSSR count). The van der Waals surface area contributed by atoms with Crippen molar-refractivity contribution in [1.82, 2.24) is 0 Å². The number of benzene rings is 1. The van der Waals surface area contributed by atoms with Crippen molar-refractivity contribution < 1.29 is 34.5 Å². The van der Waals surface area contributed by atoms with Gasteiger partial charge >= 0.3 is 0 Å². The summed E-state index contributed by atoms with van der Waals surface area (Å²) in [6.07, 6.45) is 3.87. The van der Waals surface area contributed by atoms with Crippen LogP contribution in [0.25, 0.3) is 0 Å². The number of Topliss-reactive ketones (excluding diaryl/α,β-unsaturated/α-hetero) is 4. The van der Waals surface area contributed by atoms with Crippen LogP contribution in [-0.2, 0) is 14.4 Å². The minimum absolute atomic E-state index is 0.0616. The Hall–Kier alpha value is -2.82. The van der Waals surface area contributed by atoms with Gasteiger partial charge in [0.05, 0.1) is 17.6 Å². The summed E-state index contributed by atoms with van der Waals surface area (Å²) in [6.45, 7) is 8.07. The van der Waals surface area contributed by atoms with E-state index in [1.54, 1.807) is 39.8 Å². The first-order valence-corrected chi connectivity index (χ1v) is 11.1. The zero-order valence-electron chi connectivity index (χ0n) is 19.2. The second-order valence-electron chi connectivity index (χ2n) is 10.5. The molecule has 7 heteroatoms. The summed E-state index contributed by atoms with van der Waals surface area (Å²) in [7, 11) is 0. The highest BCUT2D eigenvalue weighted by atomic mass is 16.3. The zero-order chi connectivity index (χ0) is 24.8. The molecule has 1 aromatic carbocycles. The van der Waals surface area contributed by atoms with E-state index in [4.69, 9.17) is 6.42 Å². The Bertz CT molecular complexity index is 1160. The molecule has 0 amide bonds. The van der Waals surface area contributed by atoms with Crippen molar-refractivity contribution in [2.75, 3.05) is 0 Å². The summed E-state index contributed by atoms with van der Waals surface area (Å²) in [5, 5.41) is 34.2. The first-order valence-electron chi connectivity index (χ1n) is 11.1. The lowest BCUT2D eigenvalue weighted by molar-refractivity contribution is -0.239. The lowest BCUT2D eigenvalue weighted by Crippen LogP contribution is -2.81. The van der Waals surface area contributed by atoms with E-state index in [1.807, 2.05) is 0 Å². The van der Waals surface area contributed by atoms with Gasteiger partial charge in [0, 0.05) is 16.7 Å². The normalized spacial score (nSPS) is 42.5.